The monoisotopic (exact) mass is 319 g/mol. The van der Waals surface area contributed by atoms with E-state index in [9.17, 15) is 14.4 Å². The molecule has 0 unspecified atom stereocenters. The van der Waals surface area contributed by atoms with Crippen LogP contribution in [-0.4, -0.2) is 11.9 Å². The summed E-state index contributed by atoms with van der Waals surface area (Å²) in [6, 6.07) is 15.5. The fourth-order valence-electron chi connectivity index (χ4n) is 2.08. The summed E-state index contributed by atoms with van der Waals surface area (Å²) in [6.07, 6.45) is 0. The fourth-order valence-corrected chi connectivity index (χ4v) is 2.08. The van der Waals surface area contributed by atoms with Gasteiger partial charge in [-0.05, 0) is 36.4 Å². The number of benzene rings is 2. The average Bonchev–Trinajstić information content (AvgIpc) is 2.61. The second-order valence-corrected chi connectivity index (χ2v) is 4.85. The van der Waals surface area contributed by atoms with Crippen LogP contribution in [0, 0.1) is 11.3 Å². The first kappa shape index (κ1) is 15.2. The van der Waals surface area contributed by atoms with Crippen LogP contribution < -0.4 is 5.63 Å². The normalized spacial score (nSPS) is 10.1. The Morgan fingerprint density at radius 1 is 1.00 bits per heavy atom. The Morgan fingerprint density at radius 3 is 2.42 bits per heavy atom. The first-order valence-corrected chi connectivity index (χ1v) is 6.88. The topological polar surface area (TPSA) is 97.4 Å². The van der Waals surface area contributed by atoms with Gasteiger partial charge in [0.05, 0.1) is 17.2 Å². The van der Waals surface area contributed by atoms with Gasteiger partial charge in [0.15, 0.2) is 0 Å². The van der Waals surface area contributed by atoms with Gasteiger partial charge in [0.2, 0.25) is 0 Å². The maximum absolute atomic E-state index is 12.1. The minimum Gasteiger partial charge on any atom is -0.422 e. The molecule has 0 amide bonds. The molecule has 0 aliphatic heterocycles. The van der Waals surface area contributed by atoms with E-state index in [1.807, 2.05) is 6.07 Å². The molecule has 1 heterocycles. The molecule has 0 aliphatic rings. The van der Waals surface area contributed by atoms with Crippen LogP contribution in [0.2, 0.25) is 0 Å². The summed E-state index contributed by atoms with van der Waals surface area (Å²) in [5, 5.41) is 9.25. The minimum atomic E-state index is -1.09. The Bertz CT molecular complexity index is 1040. The first-order valence-electron chi connectivity index (χ1n) is 6.88. The lowest BCUT2D eigenvalue weighted by Gasteiger charge is -2.03. The summed E-state index contributed by atoms with van der Waals surface area (Å²) in [5.74, 6) is -2.01. The zero-order chi connectivity index (χ0) is 17.1. The number of esters is 2. The lowest BCUT2D eigenvalue weighted by Crippen LogP contribution is -2.19. The smallest absolute Gasteiger partial charge is 0.353 e. The molecule has 1 aromatic heterocycles. The standard InChI is InChI=1S/C18H9NO5/c19-10-11-5-7-12(8-6-11)16(20)24-18(22)14-9-13-3-1-2-4-15(13)23-17(14)21/h1-9H. The number of carbonyl (C=O) groups is 2. The van der Waals surface area contributed by atoms with Crippen LogP contribution in [0.15, 0.2) is 63.8 Å². The van der Waals surface area contributed by atoms with Gasteiger partial charge in [0.1, 0.15) is 11.1 Å². The van der Waals surface area contributed by atoms with Crippen LogP contribution in [0.3, 0.4) is 0 Å². The molecule has 0 saturated heterocycles. The van der Waals surface area contributed by atoms with Crippen molar-refractivity contribution in [3.63, 3.8) is 0 Å². The predicted molar refractivity (Wildman–Crippen MR) is 83.4 cm³/mol. The van der Waals surface area contributed by atoms with Crippen molar-refractivity contribution in [2.75, 3.05) is 0 Å². The zero-order valence-electron chi connectivity index (χ0n) is 12.2. The van der Waals surface area contributed by atoms with E-state index < -0.39 is 17.6 Å². The Morgan fingerprint density at radius 2 is 1.71 bits per heavy atom. The van der Waals surface area contributed by atoms with Crippen LogP contribution in [0.5, 0.6) is 0 Å². The van der Waals surface area contributed by atoms with Crippen LogP contribution in [0.25, 0.3) is 11.0 Å². The highest BCUT2D eigenvalue weighted by Gasteiger charge is 2.19. The summed E-state index contributed by atoms with van der Waals surface area (Å²) in [6.45, 7) is 0. The number of ether oxygens (including phenoxy) is 1. The lowest BCUT2D eigenvalue weighted by molar-refractivity contribution is 0.0395. The highest BCUT2D eigenvalue weighted by atomic mass is 16.6. The van der Waals surface area contributed by atoms with Crippen LogP contribution in [0.4, 0.5) is 0 Å². The molecule has 3 rings (SSSR count). The molecule has 3 aromatic rings. The molecule has 0 N–H and O–H groups in total. The van der Waals surface area contributed by atoms with Gasteiger partial charge in [-0.2, -0.15) is 5.26 Å². The first-order chi connectivity index (χ1) is 11.6. The average molecular weight is 319 g/mol. The third-order valence-electron chi connectivity index (χ3n) is 3.30. The summed E-state index contributed by atoms with van der Waals surface area (Å²) < 4.78 is 9.73. The number of rotatable bonds is 2. The van der Waals surface area contributed by atoms with Gasteiger partial charge in [-0.1, -0.05) is 18.2 Å². The number of fused-ring (bicyclic) bond motifs is 1. The molecule has 0 atom stereocenters. The summed E-state index contributed by atoms with van der Waals surface area (Å²) >= 11 is 0. The summed E-state index contributed by atoms with van der Waals surface area (Å²) in [7, 11) is 0. The van der Waals surface area contributed by atoms with Gasteiger partial charge in [-0.25, -0.2) is 14.4 Å². The molecular weight excluding hydrogens is 310 g/mol. The van der Waals surface area contributed by atoms with Crippen molar-refractivity contribution in [2.45, 2.75) is 0 Å². The predicted octanol–water partition coefficient (Wildman–Crippen LogP) is 2.66. The molecule has 0 saturated carbocycles. The molecule has 0 spiro atoms. The van der Waals surface area contributed by atoms with Crippen LogP contribution >= 0.6 is 0 Å². The largest absolute Gasteiger partial charge is 0.422 e. The van der Waals surface area contributed by atoms with Gasteiger partial charge in [-0.3, -0.25) is 0 Å². The molecule has 0 bridgehead atoms. The Labute approximate surface area is 135 Å². The zero-order valence-corrected chi connectivity index (χ0v) is 12.2. The van der Waals surface area contributed by atoms with Crippen molar-refractivity contribution < 1.29 is 18.7 Å². The molecule has 116 valence electrons. The van der Waals surface area contributed by atoms with E-state index in [4.69, 9.17) is 14.4 Å². The van der Waals surface area contributed by atoms with Crippen molar-refractivity contribution in [3.05, 3.63) is 81.7 Å². The molecular formula is C18H9NO5. The molecule has 6 nitrogen and oxygen atoms in total. The molecule has 0 aliphatic carbocycles. The third-order valence-corrected chi connectivity index (χ3v) is 3.30. The van der Waals surface area contributed by atoms with Crippen LogP contribution in [0.1, 0.15) is 26.3 Å². The SMILES string of the molecule is N#Cc1ccc(C(=O)OC(=O)c2cc3ccccc3oc2=O)cc1. The molecule has 0 radical (unpaired) electrons. The minimum absolute atomic E-state index is 0.0903. The molecule has 0 fully saturated rings. The number of nitriles is 1. The third kappa shape index (κ3) is 2.91. The van der Waals surface area contributed by atoms with E-state index in [1.165, 1.54) is 30.3 Å². The van der Waals surface area contributed by atoms with Gasteiger partial charge >= 0.3 is 17.6 Å². The second-order valence-electron chi connectivity index (χ2n) is 4.85. The maximum Gasteiger partial charge on any atom is 0.353 e. The number of nitrogens with zero attached hydrogens (tertiary/aromatic N) is 1. The molecule has 24 heavy (non-hydrogen) atoms. The van der Waals surface area contributed by atoms with Crippen molar-refractivity contribution >= 4 is 22.9 Å². The lowest BCUT2D eigenvalue weighted by atomic mass is 10.1. The van der Waals surface area contributed by atoms with Gasteiger partial charge in [-0.15, -0.1) is 0 Å². The number of hydrogen-bond acceptors (Lipinski definition) is 6. The highest BCUT2D eigenvalue weighted by Crippen LogP contribution is 2.14. The molecule has 2 aromatic carbocycles. The van der Waals surface area contributed by atoms with E-state index in [2.05, 4.69) is 0 Å². The van der Waals surface area contributed by atoms with Crippen molar-refractivity contribution in [2.24, 2.45) is 0 Å². The Hall–Kier alpha value is -3.72. The summed E-state index contributed by atoms with van der Waals surface area (Å²) in [5.41, 5.74) is -0.458. The van der Waals surface area contributed by atoms with E-state index in [0.717, 1.165) is 0 Å². The molecule has 6 heteroatoms. The second kappa shape index (κ2) is 6.18. The fraction of sp³-hybridized carbons (Fsp3) is 0. The van der Waals surface area contributed by atoms with E-state index in [-0.39, 0.29) is 11.1 Å². The van der Waals surface area contributed by atoms with Gasteiger partial charge in [0.25, 0.3) is 0 Å². The van der Waals surface area contributed by atoms with Crippen molar-refractivity contribution in [1.29, 1.82) is 5.26 Å². The van der Waals surface area contributed by atoms with Crippen molar-refractivity contribution in [3.8, 4) is 6.07 Å². The Balaban J connectivity index is 1.86. The van der Waals surface area contributed by atoms with Crippen molar-refractivity contribution in [1.82, 2.24) is 0 Å². The Kier molecular flexibility index (Phi) is 3.91. The summed E-state index contributed by atoms with van der Waals surface area (Å²) in [4.78, 5) is 35.9. The number of carbonyl (C=O) groups excluding carboxylic acids is 2. The van der Waals surface area contributed by atoms with E-state index in [1.54, 1.807) is 24.3 Å². The van der Waals surface area contributed by atoms with E-state index >= 15 is 0 Å². The van der Waals surface area contributed by atoms with Crippen LogP contribution in [-0.2, 0) is 4.74 Å². The van der Waals surface area contributed by atoms with Gasteiger partial charge in [0, 0.05) is 5.39 Å². The highest BCUT2D eigenvalue weighted by molar-refractivity contribution is 6.03. The number of hydrogen-bond donors (Lipinski definition) is 0. The van der Waals surface area contributed by atoms with Gasteiger partial charge < -0.3 is 9.15 Å². The maximum atomic E-state index is 12.1. The number of para-hydroxylation sites is 1. The quantitative estimate of drug-likeness (QED) is 0.409. The van der Waals surface area contributed by atoms with E-state index in [0.29, 0.717) is 16.5 Å².